The minimum absolute atomic E-state index is 0.249. The molecule has 3 nitrogen and oxygen atoms in total. The van der Waals surface area contributed by atoms with E-state index in [-0.39, 0.29) is 6.04 Å². The number of nitrogens with one attached hydrogen (secondary N) is 2. The Morgan fingerprint density at radius 3 is 2.42 bits per heavy atom. The molecule has 74 valence electrons. The highest BCUT2D eigenvalue weighted by Gasteiger charge is 2.00. The van der Waals surface area contributed by atoms with Crippen molar-refractivity contribution in [3.63, 3.8) is 0 Å². The van der Waals surface area contributed by atoms with Crippen LogP contribution in [0.15, 0.2) is 0 Å². The van der Waals surface area contributed by atoms with Gasteiger partial charge in [0.15, 0.2) is 0 Å². The summed E-state index contributed by atoms with van der Waals surface area (Å²) in [5.74, 6) is 0. The van der Waals surface area contributed by atoms with Gasteiger partial charge < -0.3 is 16.4 Å². The molecule has 0 saturated heterocycles. The van der Waals surface area contributed by atoms with Crippen LogP contribution in [0.5, 0.6) is 0 Å². The molecule has 0 heterocycles. The zero-order valence-corrected chi connectivity index (χ0v) is 8.56. The van der Waals surface area contributed by atoms with E-state index >= 15 is 0 Å². The minimum atomic E-state index is 0.249. The third-order valence-electron chi connectivity index (χ3n) is 1.67. The smallest absolute Gasteiger partial charge is 0.0164 e. The lowest BCUT2D eigenvalue weighted by molar-refractivity contribution is 0.483. The van der Waals surface area contributed by atoms with Crippen molar-refractivity contribution in [3.05, 3.63) is 0 Å². The molecule has 0 aliphatic heterocycles. The number of hydrogen-bond donors (Lipinski definition) is 3. The summed E-state index contributed by atoms with van der Waals surface area (Å²) < 4.78 is 0. The fourth-order valence-electron chi connectivity index (χ4n) is 0.955. The van der Waals surface area contributed by atoms with E-state index in [1.165, 1.54) is 6.42 Å². The monoisotopic (exact) mass is 173 g/mol. The van der Waals surface area contributed by atoms with Crippen molar-refractivity contribution in [1.82, 2.24) is 10.6 Å². The molecule has 0 fully saturated rings. The molecule has 0 radical (unpaired) electrons. The van der Waals surface area contributed by atoms with E-state index in [2.05, 4.69) is 24.5 Å². The van der Waals surface area contributed by atoms with Crippen LogP contribution in [0.25, 0.3) is 0 Å². The quantitative estimate of drug-likeness (QED) is 0.486. The SMILES string of the molecule is CCCNCC(C)NCC(C)N. The Hall–Kier alpha value is -0.120. The Labute approximate surface area is 76.1 Å². The van der Waals surface area contributed by atoms with Gasteiger partial charge in [0.05, 0.1) is 0 Å². The summed E-state index contributed by atoms with van der Waals surface area (Å²) in [6, 6.07) is 0.765. The van der Waals surface area contributed by atoms with Crippen molar-refractivity contribution in [2.24, 2.45) is 5.73 Å². The predicted molar refractivity (Wildman–Crippen MR) is 54.3 cm³/mol. The van der Waals surface area contributed by atoms with Crippen molar-refractivity contribution in [1.29, 1.82) is 0 Å². The maximum atomic E-state index is 5.61. The first-order valence-corrected chi connectivity index (χ1v) is 4.86. The van der Waals surface area contributed by atoms with Crippen LogP contribution in [0.4, 0.5) is 0 Å². The van der Waals surface area contributed by atoms with Gasteiger partial charge in [-0.2, -0.15) is 0 Å². The molecule has 0 aromatic carbocycles. The maximum Gasteiger partial charge on any atom is 0.0164 e. The van der Waals surface area contributed by atoms with Crippen LogP contribution in [0.3, 0.4) is 0 Å². The summed E-state index contributed by atoms with van der Waals surface area (Å²) in [7, 11) is 0. The first kappa shape index (κ1) is 11.9. The van der Waals surface area contributed by atoms with Crippen molar-refractivity contribution in [2.75, 3.05) is 19.6 Å². The van der Waals surface area contributed by atoms with Crippen LogP contribution in [0.1, 0.15) is 27.2 Å². The van der Waals surface area contributed by atoms with E-state index in [9.17, 15) is 0 Å². The van der Waals surface area contributed by atoms with Crippen molar-refractivity contribution < 1.29 is 0 Å². The molecule has 0 saturated carbocycles. The molecule has 0 aliphatic carbocycles. The molecule has 0 aromatic heterocycles. The van der Waals surface area contributed by atoms with Gasteiger partial charge in [0, 0.05) is 25.2 Å². The van der Waals surface area contributed by atoms with Crippen LogP contribution < -0.4 is 16.4 Å². The fraction of sp³-hybridized carbons (Fsp3) is 1.00. The zero-order chi connectivity index (χ0) is 9.40. The summed E-state index contributed by atoms with van der Waals surface area (Å²) >= 11 is 0. The molecular weight excluding hydrogens is 150 g/mol. The largest absolute Gasteiger partial charge is 0.327 e. The second kappa shape index (κ2) is 7.53. The van der Waals surface area contributed by atoms with Gasteiger partial charge in [-0.15, -0.1) is 0 Å². The summed E-state index contributed by atoms with van der Waals surface area (Å²) in [5, 5.41) is 6.71. The van der Waals surface area contributed by atoms with Gasteiger partial charge in [-0.3, -0.25) is 0 Å². The van der Waals surface area contributed by atoms with Gasteiger partial charge in [0.25, 0.3) is 0 Å². The summed E-state index contributed by atoms with van der Waals surface area (Å²) in [4.78, 5) is 0. The minimum Gasteiger partial charge on any atom is -0.327 e. The molecule has 0 spiro atoms. The van der Waals surface area contributed by atoms with Gasteiger partial charge >= 0.3 is 0 Å². The lowest BCUT2D eigenvalue weighted by atomic mass is 10.3. The molecular formula is C9H23N3. The highest BCUT2D eigenvalue weighted by atomic mass is 15.0. The Morgan fingerprint density at radius 1 is 1.25 bits per heavy atom. The second-order valence-electron chi connectivity index (χ2n) is 3.49. The van der Waals surface area contributed by atoms with Crippen LogP contribution in [-0.2, 0) is 0 Å². The van der Waals surface area contributed by atoms with Crippen molar-refractivity contribution >= 4 is 0 Å². The fourth-order valence-corrected chi connectivity index (χ4v) is 0.955. The topological polar surface area (TPSA) is 50.1 Å². The Bertz CT molecular complexity index is 93.8. The highest BCUT2D eigenvalue weighted by molar-refractivity contribution is 4.66. The second-order valence-corrected chi connectivity index (χ2v) is 3.49. The third kappa shape index (κ3) is 7.98. The van der Waals surface area contributed by atoms with Gasteiger partial charge in [-0.1, -0.05) is 6.92 Å². The highest BCUT2D eigenvalue weighted by Crippen LogP contribution is 1.80. The lowest BCUT2D eigenvalue weighted by Crippen LogP contribution is -2.41. The maximum absolute atomic E-state index is 5.61. The average molecular weight is 173 g/mol. The Balaban J connectivity index is 3.15. The average Bonchev–Trinajstić information content (AvgIpc) is 2.01. The van der Waals surface area contributed by atoms with Gasteiger partial charge in [0.2, 0.25) is 0 Å². The third-order valence-corrected chi connectivity index (χ3v) is 1.67. The van der Waals surface area contributed by atoms with Crippen LogP contribution >= 0.6 is 0 Å². The van der Waals surface area contributed by atoms with E-state index in [1.54, 1.807) is 0 Å². The standard InChI is InChI=1S/C9H23N3/c1-4-5-11-7-9(3)12-6-8(2)10/h8-9,11-12H,4-7,10H2,1-3H3. The summed E-state index contributed by atoms with van der Waals surface area (Å²) in [5.41, 5.74) is 5.61. The van der Waals surface area contributed by atoms with E-state index < -0.39 is 0 Å². The normalized spacial score (nSPS) is 16.0. The predicted octanol–water partition coefficient (Wildman–Crippen LogP) is 0.311. The van der Waals surface area contributed by atoms with Crippen LogP contribution in [-0.4, -0.2) is 31.7 Å². The molecule has 2 atom stereocenters. The zero-order valence-electron chi connectivity index (χ0n) is 8.56. The molecule has 12 heavy (non-hydrogen) atoms. The molecule has 0 bridgehead atoms. The molecule has 2 unspecified atom stereocenters. The van der Waals surface area contributed by atoms with E-state index in [4.69, 9.17) is 5.73 Å². The summed E-state index contributed by atoms with van der Waals surface area (Å²) in [6.45, 7) is 9.39. The van der Waals surface area contributed by atoms with Crippen molar-refractivity contribution in [3.8, 4) is 0 Å². The molecule has 0 amide bonds. The van der Waals surface area contributed by atoms with E-state index in [1.807, 2.05) is 6.92 Å². The molecule has 0 rings (SSSR count). The number of rotatable bonds is 7. The van der Waals surface area contributed by atoms with Crippen LogP contribution in [0, 0.1) is 0 Å². The van der Waals surface area contributed by atoms with Crippen LogP contribution in [0.2, 0.25) is 0 Å². The van der Waals surface area contributed by atoms with E-state index in [0.717, 1.165) is 19.6 Å². The Morgan fingerprint density at radius 2 is 1.92 bits per heavy atom. The van der Waals surface area contributed by atoms with Crippen molar-refractivity contribution in [2.45, 2.75) is 39.3 Å². The van der Waals surface area contributed by atoms with E-state index in [0.29, 0.717) is 6.04 Å². The van der Waals surface area contributed by atoms with Gasteiger partial charge in [-0.05, 0) is 26.8 Å². The molecule has 0 aromatic rings. The molecule has 4 N–H and O–H groups in total. The molecule has 0 aliphatic rings. The van der Waals surface area contributed by atoms with Gasteiger partial charge in [0.1, 0.15) is 0 Å². The molecule has 3 heteroatoms. The number of nitrogens with two attached hydrogens (primary N) is 1. The summed E-state index contributed by atoms with van der Waals surface area (Å²) in [6.07, 6.45) is 1.19. The lowest BCUT2D eigenvalue weighted by Gasteiger charge is -2.15. The first-order chi connectivity index (χ1) is 5.66. The Kier molecular flexibility index (Phi) is 7.45. The first-order valence-electron chi connectivity index (χ1n) is 4.86. The van der Waals surface area contributed by atoms with Gasteiger partial charge in [-0.25, -0.2) is 0 Å². The number of hydrogen-bond acceptors (Lipinski definition) is 3.